The Morgan fingerprint density at radius 3 is 2.82 bits per heavy atom. The molecule has 0 amide bonds. The molecule has 0 bridgehead atoms. The van der Waals surface area contributed by atoms with Gasteiger partial charge in [0.15, 0.2) is 0 Å². The van der Waals surface area contributed by atoms with Crippen molar-refractivity contribution in [2.75, 3.05) is 17.7 Å². The summed E-state index contributed by atoms with van der Waals surface area (Å²) in [4.78, 5) is 6.34. The van der Waals surface area contributed by atoms with Crippen LogP contribution in [0.2, 0.25) is 0 Å². The van der Waals surface area contributed by atoms with Crippen LogP contribution in [0.25, 0.3) is 10.8 Å². The lowest BCUT2D eigenvalue weighted by molar-refractivity contribution is 0.665. The van der Waals surface area contributed by atoms with E-state index in [4.69, 9.17) is 5.73 Å². The molecule has 1 atom stereocenters. The molecule has 0 aliphatic heterocycles. The van der Waals surface area contributed by atoms with E-state index < -0.39 is 0 Å². The topological polar surface area (TPSA) is 42.2 Å². The van der Waals surface area contributed by atoms with Gasteiger partial charge in [0.1, 0.15) is 0 Å². The molecule has 2 N–H and O–H groups in total. The zero-order valence-corrected chi connectivity index (χ0v) is 10.6. The number of nitrogens with zero attached hydrogens (tertiary/aromatic N) is 2. The SMILES string of the molecule is CCC(C)N(C)c1ccc2cnccc2c1N. The fourth-order valence-electron chi connectivity index (χ4n) is 2.00. The highest BCUT2D eigenvalue weighted by molar-refractivity contribution is 5.98. The highest BCUT2D eigenvalue weighted by Gasteiger charge is 2.12. The van der Waals surface area contributed by atoms with E-state index in [9.17, 15) is 0 Å². The first-order valence-electron chi connectivity index (χ1n) is 6.00. The molecule has 1 aromatic carbocycles. The van der Waals surface area contributed by atoms with Crippen molar-refractivity contribution < 1.29 is 0 Å². The summed E-state index contributed by atoms with van der Waals surface area (Å²) in [5.74, 6) is 0. The zero-order chi connectivity index (χ0) is 12.4. The average molecular weight is 229 g/mol. The fourth-order valence-corrected chi connectivity index (χ4v) is 2.00. The summed E-state index contributed by atoms with van der Waals surface area (Å²) in [5.41, 5.74) is 8.18. The first-order chi connectivity index (χ1) is 8.15. The zero-order valence-electron chi connectivity index (χ0n) is 10.6. The van der Waals surface area contributed by atoms with Crippen LogP contribution in [0.15, 0.2) is 30.6 Å². The number of fused-ring (bicyclic) bond motifs is 1. The molecule has 0 fully saturated rings. The highest BCUT2D eigenvalue weighted by Crippen LogP contribution is 2.31. The monoisotopic (exact) mass is 229 g/mol. The number of aromatic nitrogens is 1. The molecule has 1 heterocycles. The molecule has 1 aromatic heterocycles. The van der Waals surface area contributed by atoms with E-state index in [1.54, 1.807) is 6.20 Å². The number of rotatable bonds is 3. The van der Waals surface area contributed by atoms with Gasteiger partial charge in [0.25, 0.3) is 0 Å². The van der Waals surface area contributed by atoms with Crippen molar-refractivity contribution in [3.05, 3.63) is 30.6 Å². The molecule has 17 heavy (non-hydrogen) atoms. The third-order valence-corrected chi connectivity index (χ3v) is 3.47. The molecular formula is C14H19N3. The van der Waals surface area contributed by atoms with Crippen molar-refractivity contribution in [1.29, 1.82) is 0 Å². The molecular weight excluding hydrogens is 210 g/mol. The maximum atomic E-state index is 6.24. The van der Waals surface area contributed by atoms with Gasteiger partial charge in [-0.2, -0.15) is 0 Å². The molecule has 3 heteroatoms. The maximum absolute atomic E-state index is 6.24. The Hall–Kier alpha value is -1.77. The Balaban J connectivity index is 2.52. The highest BCUT2D eigenvalue weighted by atomic mass is 15.1. The van der Waals surface area contributed by atoms with Crippen LogP contribution in [-0.2, 0) is 0 Å². The molecule has 2 rings (SSSR count). The summed E-state index contributed by atoms with van der Waals surface area (Å²) in [6, 6.07) is 6.61. The second kappa shape index (κ2) is 4.62. The molecule has 0 saturated heterocycles. The molecule has 0 aliphatic carbocycles. The molecule has 0 aliphatic rings. The van der Waals surface area contributed by atoms with Gasteiger partial charge in [-0.25, -0.2) is 0 Å². The Labute approximate surface area is 102 Å². The second-order valence-corrected chi connectivity index (χ2v) is 4.46. The van der Waals surface area contributed by atoms with Gasteiger partial charge >= 0.3 is 0 Å². The second-order valence-electron chi connectivity index (χ2n) is 4.46. The van der Waals surface area contributed by atoms with Crippen LogP contribution >= 0.6 is 0 Å². The molecule has 3 nitrogen and oxygen atoms in total. The third kappa shape index (κ3) is 2.05. The summed E-state index contributed by atoms with van der Waals surface area (Å²) in [6.07, 6.45) is 4.73. The molecule has 0 saturated carbocycles. The van der Waals surface area contributed by atoms with Crippen LogP contribution in [0, 0.1) is 0 Å². The van der Waals surface area contributed by atoms with Gasteiger partial charge in [-0.3, -0.25) is 4.98 Å². The number of nitrogen functional groups attached to an aromatic ring is 1. The quantitative estimate of drug-likeness (QED) is 0.822. The van der Waals surface area contributed by atoms with Gasteiger partial charge < -0.3 is 10.6 Å². The Kier molecular flexibility index (Phi) is 3.18. The lowest BCUT2D eigenvalue weighted by atomic mass is 10.1. The van der Waals surface area contributed by atoms with E-state index in [0.717, 1.165) is 28.6 Å². The van der Waals surface area contributed by atoms with E-state index in [0.29, 0.717) is 6.04 Å². The smallest absolute Gasteiger partial charge is 0.0632 e. The lowest BCUT2D eigenvalue weighted by Gasteiger charge is -2.27. The van der Waals surface area contributed by atoms with Crippen LogP contribution in [0.1, 0.15) is 20.3 Å². The summed E-state index contributed by atoms with van der Waals surface area (Å²) in [6.45, 7) is 4.39. The van der Waals surface area contributed by atoms with Crippen LogP contribution < -0.4 is 10.6 Å². The first kappa shape index (κ1) is 11.7. The van der Waals surface area contributed by atoms with E-state index in [-0.39, 0.29) is 0 Å². The van der Waals surface area contributed by atoms with Crippen LogP contribution in [0.5, 0.6) is 0 Å². The third-order valence-electron chi connectivity index (χ3n) is 3.47. The number of nitrogens with two attached hydrogens (primary N) is 1. The number of hydrogen-bond acceptors (Lipinski definition) is 3. The Bertz CT molecular complexity index is 522. The van der Waals surface area contributed by atoms with Gasteiger partial charge in [0.05, 0.1) is 11.4 Å². The summed E-state index contributed by atoms with van der Waals surface area (Å²) in [5, 5.41) is 2.17. The van der Waals surface area contributed by atoms with E-state index in [2.05, 4.69) is 42.9 Å². The largest absolute Gasteiger partial charge is 0.397 e. The fraction of sp³-hybridized carbons (Fsp3) is 0.357. The average Bonchev–Trinajstić information content (AvgIpc) is 2.38. The summed E-state index contributed by atoms with van der Waals surface area (Å²) >= 11 is 0. The van der Waals surface area contributed by atoms with Crippen molar-refractivity contribution in [2.24, 2.45) is 0 Å². The minimum absolute atomic E-state index is 0.483. The van der Waals surface area contributed by atoms with Crippen molar-refractivity contribution in [1.82, 2.24) is 4.98 Å². The van der Waals surface area contributed by atoms with Gasteiger partial charge in [0.2, 0.25) is 0 Å². The summed E-state index contributed by atoms with van der Waals surface area (Å²) in [7, 11) is 2.09. The van der Waals surface area contributed by atoms with Gasteiger partial charge in [-0.05, 0) is 25.5 Å². The Morgan fingerprint density at radius 1 is 1.35 bits per heavy atom. The van der Waals surface area contributed by atoms with Crippen LogP contribution in [0.4, 0.5) is 11.4 Å². The first-order valence-corrected chi connectivity index (χ1v) is 6.00. The van der Waals surface area contributed by atoms with Crippen LogP contribution in [0.3, 0.4) is 0 Å². The minimum Gasteiger partial charge on any atom is -0.397 e. The van der Waals surface area contributed by atoms with E-state index in [1.165, 1.54) is 0 Å². The molecule has 2 aromatic rings. The lowest BCUT2D eigenvalue weighted by Crippen LogP contribution is -2.28. The van der Waals surface area contributed by atoms with Gasteiger partial charge in [-0.15, -0.1) is 0 Å². The van der Waals surface area contributed by atoms with Crippen LogP contribution in [-0.4, -0.2) is 18.1 Å². The van der Waals surface area contributed by atoms with Crippen molar-refractivity contribution >= 4 is 22.1 Å². The number of benzene rings is 1. The van der Waals surface area contributed by atoms with Crippen molar-refractivity contribution in [3.63, 3.8) is 0 Å². The van der Waals surface area contributed by atoms with Crippen molar-refractivity contribution in [2.45, 2.75) is 26.3 Å². The molecule has 1 unspecified atom stereocenters. The van der Waals surface area contributed by atoms with E-state index in [1.807, 2.05) is 12.3 Å². The predicted octanol–water partition coefficient (Wildman–Crippen LogP) is 3.05. The van der Waals surface area contributed by atoms with Gasteiger partial charge in [-0.1, -0.05) is 13.0 Å². The molecule has 0 spiro atoms. The number of pyridine rings is 1. The number of anilines is 2. The Morgan fingerprint density at radius 2 is 2.12 bits per heavy atom. The summed E-state index contributed by atoms with van der Waals surface area (Å²) < 4.78 is 0. The molecule has 90 valence electrons. The predicted molar refractivity (Wildman–Crippen MR) is 74.3 cm³/mol. The molecule has 0 radical (unpaired) electrons. The number of hydrogen-bond donors (Lipinski definition) is 1. The van der Waals surface area contributed by atoms with Gasteiger partial charge in [0, 0.05) is 36.3 Å². The normalized spacial score (nSPS) is 12.6. The van der Waals surface area contributed by atoms with E-state index >= 15 is 0 Å². The standard InChI is InChI=1S/C14H19N3/c1-4-10(2)17(3)13-6-5-11-9-16-8-7-12(11)14(13)15/h5-10H,4,15H2,1-3H3. The maximum Gasteiger partial charge on any atom is 0.0632 e. The minimum atomic E-state index is 0.483. The van der Waals surface area contributed by atoms with Crippen molar-refractivity contribution in [3.8, 4) is 0 Å².